The van der Waals surface area contributed by atoms with Crippen molar-refractivity contribution in [3.63, 3.8) is 0 Å². The third kappa shape index (κ3) is 6.49. The molecule has 0 saturated carbocycles. The van der Waals surface area contributed by atoms with Crippen molar-refractivity contribution >= 4 is 11.9 Å². The van der Waals surface area contributed by atoms with E-state index in [-0.39, 0.29) is 19.6 Å². The van der Waals surface area contributed by atoms with Gasteiger partial charge in [-0.05, 0) is 39.2 Å². The lowest BCUT2D eigenvalue weighted by molar-refractivity contribution is -0.195. The molecule has 0 radical (unpaired) electrons. The van der Waals surface area contributed by atoms with Gasteiger partial charge in [0.05, 0.1) is 6.61 Å². The molecule has 6 nitrogen and oxygen atoms in total. The van der Waals surface area contributed by atoms with Gasteiger partial charge in [0.15, 0.2) is 0 Å². The lowest BCUT2D eigenvalue weighted by Gasteiger charge is -2.39. The first kappa shape index (κ1) is 22.2. The van der Waals surface area contributed by atoms with E-state index in [1.807, 2.05) is 30.3 Å². The number of carbonyl (C=O) groups excluding carboxylic acids is 2. The number of nitrogens with one attached hydrogen (secondary N) is 1. The maximum absolute atomic E-state index is 13.0. The van der Waals surface area contributed by atoms with E-state index in [4.69, 9.17) is 9.57 Å². The summed E-state index contributed by atoms with van der Waals surface area (Å²) in [6.45, 7) is 4.76. The van der Waals surface area contributed by atoms with Crippen LogP contribution in [0.15, 0.2) is 30.3 Å². The molecule has 0 spiro atoms. The van der Waals surface area contributed by atoms with E-state index in [2.05, 4.69) is 5.48 Å². The van der Waals surface area contributed by atoms with E-state index >= 15 is 0 Å². The second-order valence-corrected chi connectivity index (χ2v) is 7.67. The second-order valence-electron chi connectivity index (χ2n) is 7.67. The van der Waals surface area contributed by atoms with E-state index in [0.717, 1.165) is 5.56 Å². The topological polar surface area (TPSA) is 67.9 Å². The number of nitrogens with zero attached hydrogens (tertiary/aromatic N) is 1. The Morgan fingerprint density at radius 2 is 1.79 bits per heavy atom. The zero-order valence-corrected chi connectivity index (χ0v) is 16.1. The highest BCUT2D eigenvalue weighted by molar-refractivity contribution is 5.88. The first-order valence-electron chi connectivity index (χ1n) is 8.99. The quantitative estimate of drug-likeness (QED) is 0.606. The molecule has 0 bridgehead atoms. The summed E-state index contributed by atoms with van der Waals surface area (Å²) in [4.78, 5) is 30.1. The van der Waals surface area contributed by atoms with E-state index in [1.165, 1.54) is 0 Å². The van der Waals surface area contributed by atoms with Crippen LogP contribution in [-0.4, -0.2) is 47.2 Å². The lowest BCUT2D eigenvalue weighted by atomic mass is 9.98. The summed E-state index contributed by atoms with van der Waals surface area (Å²) >= 11 is 0. The van der Waals surface area contributed by atoms with Gasteiger partial charge in [-0.1, -0.05) is 30.3 Å². The minimum absolute atomic E-state index is 0.0447. The van der Waals surface area contributed by atoms with Crippen molar-refractivity contribution in [2.45, 2.75) is 64.1 Å². The van der Waals surface area contributed by atoms with E-state index in [1.54, 1.807) is 20.8 Å². The molecular weight excluding hydrogens is 377 g/mol. The summed E-state index contributed by atoms with van der Waals surface area (Å²) < 4.78 is 44.2. The molecule has 1 N–H and O–H groups in total. The second kappa shape index (κ2) is 8.91. The number of esters is 1. The Hall–Kier alpha value is -2.13. The van der Waals surface area contributed by atoms with Crippen molar-refractivity contribution in [3.8, 4) is 0 Å². The minimum atomic E-state index is -5.08. The Balaban J connectivity index is 2.02. The standard InChI is InChI=1S/C19H25F3N2O4/c1-18(2,3)28-16(25)15-10-9-14(11-24(15)17(26)19(20,21)22)23-27-12-13-7-5-4-6-8-13/h4-8,14-15,23H,9-12H2,1-3H3. The highest BCUT2D eigenvalue weighted by Crippen LogP contribution is 2.27. The first-order valence-corrected chi connectivity index (χ1v) is 8.99. The van der Waals surface area contributed by atoms with Gasteiger partial charge in [-0.2, -0.15) is 18.7 Å². The van der Waals surface area contributed by atoms with Gasteiger partial charge in [-0.15, -0.1) is 0 Å². The molecule has 156 valence electrons. The minimum Gasteiger partial charge on any atom is -0.458 e. The molecule has 0 aromatic heterocycles. The van der Waals surface area contributed by atoms with Crippen LogP contribution in [0, 0.1) is 0 Å². The molecule has 28 heavy (non-hydrogen) atoms. The number of carbonyl (C=O) groups is 2. The Labute approximate surface area is 161 Å². The number of hydrogen-bond donors (Lipinski definition) is 1. The molecule has 2 atom stereocenters. The van der Waals surface area contributed by atoms with Gasteiger partial charge < -0.3 is 9.64 Å². The van der Waals surface area contributed by atoms with Crippen LogP contribution in [0.4, 0.5) is 13.2 Å². The average molecular weight is 402 g/mol. The summed E-state index contributed by atoms with van der Waals surface area (Å²) in [6.07, 6.45) is -4.67. The number of benzene rings is 1. The van der Waals surface area contributed by atoms with Crippen molar-refractivity contribution in [2.24, 2.45) is 0 Å². The Kier molecular flexibility index (Phi) is 7.06. The summed E-state index contributed by atoms with van der Waals surface area (Å²) in [5.41, 5.74) is 2.73. The smallest absolute Gasteiger partial charge is 0.458 e. The van der Waals surface area contributed by atoms with E-state index < -0.39 is 35.7 Å². The van der Waals surface area contributed by atoms with Gasteiger partial charge in [0, 0.05) is 12.6 Å². The highest BCUT2D eigenvalue weighted by atomic mass is 19.4. The van der Waals surface area contributed by atoms with Gasteiger partial charge in [-0.3, -0.25) is 9.63 Å². The highest BCUT2D eigenvalue weighted by Gasteiger charge is 2.49. The van der Waals surface area contributed by atoms with Crippen molar-refractivity contribution in [1.82, 2.24) is 10.4 Å². The van der Waals surface area contributed by atoms with Crippen LogP contribution in [-0.2, 0) is 25.8 Å². The van der Waals surface area contributed by atoms with Crippen LogP contribution >= 0.6 is 0 Å². The van der Waals surface area contributed by atoms with Gasteiger partial charge in [0.2, 0.25) is 0 Å². The summed E-state index contributed by atoms with van der Waals surface area (Å²) in [7, 11) is 0. The number of rotatable bonds is 5. The number of piperidine rings is 1. The zero-order chi connectivity index (χ0) is 20.9. The number of hydroxylamine groups is 1. The zero-order valence-electron chi connectivity index (χ0n) is 16.1. The molecule has 1 amide bonds. The SMILES string of the molecule is CC(C)(C)OC(=O)C1CCC(NOCc2ccccc2)CN1C(=O)C(F)(F)F. The van der Waals surface area contributed by atoms with Crippen LogP contribution in [0.1, 0.15) is 39.2 Å². The molecule has 1 aromatic carbocycles. The molecule has 2 unspecified atom stereocenters. The molecule has 0 aliphatic carbocycles. The number of ether oxygens (including phenoxy) is 1. The molecule has 1 aliphatic heterocycles. The summed E-state index contributed by atoms with van der Waals surface area (Å²) in [6, 6.07) is 7.42. The number of halogens is 3. The average Bonchev–Trinajstić information content (AvgIpc) is 2.59. The predicted octanol–water partition coefficient (Wildman–Crippen LogP) is 2.97. The molecule has 1 fully saturated rings. The van der Waals surface area contributed by atoms with Crippen LogP contribution in [0.3, 0.4) is 0 Å². The molecule has 1 aromatic rings. The van der Waals surface area contributed by atoms with Crippen molar-refractivity contribution in [1.29, 1.82) is 0 Å². The maximum Gasteiger partial charge on any atom is 0.471 e. The number of amides is 1. The Morgan fingerprint density at radius 1 is 1.14 bits per heavy atom. The lowest BCUT2D eigenvalue weighted by Crippen LogP contribution is -2.59. The van der Waals surface area contributed by atoms with Crippen LogP contribution in [0.5, 0.6) is 0 Å². The normalized spacial score (nSPS) is 20.7. The van der Waals surface area contributed by atoms with Crippen LogP contribution in [0.25, 0.3) is 0 Å². The fourth-order valence-electron chi connectivity index (χ4n) is 2.89. The molecule has 1 saturated heterocycles. The number of likely N-dealkylation sites (tertiary alicyclic amines) is 1. The summed E-state index contributed by atoms with van der Waals surface area (Å²) in [5, 5.41) is 0. The first-order chi connectivity index (χ1) is 13.0. The number of alkyl halides is 3. The van der Waals surface area contributed by atoms with Gasteiger partial charge in [0.25, 0.3) is 0 Å². The van der Waals surface area contributed by atoms with Crippen molar-refractivity contribution in [2.75, 3.05) is 6.54 Å². The molecule has 1 aliphatic rings. The largest absolute Gasteiger partial charge is 0.471 e. The maximum atomic E-state index is 13.0. The molecule has 9 heteroatoms. The third-order valence-corrected chi connectivity index (χ3v) is 4.10. The predicted molar refractivity (Wildman–Crippen MR) is 94.8 cm³/mol. The fraction of sp³-hybridized carbons (Fsp3) is 0.579. The van der Waals surface area contributed by atoms with E-state index in [0.29, 0.717) is 11.3 Å². The van der Waals surface area contributed by atoms with Crippen LogP contribution < -0.4 is 5.48 Å². The molecular formula is C19H25F3N2O4. The van der Waals surface area contributed by atoms with Gasteiger partial charge in [0.1, 0.15) is 11.6 Å². The third-order valence-electron chi connectivity index (χ3n) is 4.10. The van der Waals surface area contributed by atoms with Gasteiger partial charge in [-0.25, -0.2) is 4.79 Å². The molecule has 2 rings (SSSR count). The monoisotopic (exact) mass is 402 g/mol. The van der Waals surface area contributed by atoms with Crippen molar-refractivity contribution in [3.05, 3.63) is 35.9 Å². The Morgan fingerprint density at radius 3 is 2.36 bits per heavy atom. The molecule has 1 heterocycles. The Bertz CT molecular complexity index is 674. The summed E-state index contributed by atoms with van der Waals surface area (Å²) in [5.74, 6) is -2.90. The fourth-order valence-corrected chi connectivity index (χ4v) is 2.89. The van der Waals surface area contributed by atoms with E-state index in [9.17, 15) is 22.8 Å². The van der Waals surface area contributed by atoms with Crippen LogP contribution in [0.2, 0.25) is 0 Å². The van der Waals surface area contributed by atoms with Crippen molar-refractivity contribution < 1.29 is 32.3 Å². The van der Waals surface area contributed by atoms with Gasteiger partial charge >= 0.3 is 18.1 Å². The number of hydrogen-bond acceptors (Lipinski definition) is 5.